The maximum Gasteiger partial charge on any atom is 0.317 e. The molecule has 0 spiro atoms. The van der Waals surface area contributed by atoms with Crippen LogP contribution < -0.4 is 0 Å². The molecule has 4 rings (SSSR count). The Morgan fingerprint density at radius 3 is 2.16 bits per heavy atom. The van der Waals surface area contributed by atoms with E-state index in [2.05, 4.69) is 41.3 Å². The van der Waals surface area contributed by atoms with E-state index in [4.69, 9.17) is 4.74 Å². The van der Waals surface area contributed by atoms with Crippen LogP contribution in [0.25, 0.3) is 0 Å². The standard InChI is InChI=1S/C22H25NO2/c24-21(25-15-14-23-12-6-7-13-23)22(20-10-2-1-3-11-20)16-18-8-4-5-9-19(18)17-22/h1-5,8-11H,6-7,12-17H2. The third-order valence-electron chi connectivity index (χ3n) is 5.66. The first-order valence-electron chi connectivity index (χ1n) is 9.30. The zero-order chi connectivity index (χ0) is 17.1. The lowest BCUT2D eigenvalue weighted by atomic mass is 9.78. The van der Waals surface area contributed by atoms with Crippen molar-refractivity contribution in [2.24, 2.45) is 0 Å². The van der Waals surface area contributed by atoms with E-state index in [-0.39, 0.29) is 5.97 Å². The predicted octanol–water partition coefficient (Wildman–Crippen LogP) is 3.36. The van der Waals surface area contributed by atoms with Gasteiger partial charge in [-0.15, -0.1) is 0 Å². The van der Waals surface area contributed by atoms with Crippen LogP contribution in [0.3, 0.4) is 0 Å². The zero-order valence-electron chi connectivity index (χ0n) is 14.6. The van der Waals surface area contributed by atoms with Gasteiger partial charge in [0.25, 0.3) is 0 Å². The van der Waals surface area contributed by atoms with Crippen molar-refractivity contribution >= 4 is 5.97 Å². The number of hydrogen-bond acceptors (Lipinski definition) is 3. The summed E-state index contributed by atoms with van der Waals surface area (Å²) in [6, 6.07) is 18.5. The number of ether oxygens (including phenoxy) is 1. The Kier molecular flexibility index (Phi) is 4.58. The van der Waals surface area contributed by atoms with Gasteiger partial charge in [0, 0.05) is 6.54 Å². The number of benzene rings is 2. The molecule has 0 unspecified atom stereocenters. The first kappa shape index (κ1) is 16.3. The van der Waals surface area contributed by atoms with E-state index in [1.165, 1.54) is 24.0 Å². The molecular formula is C22H25NO2. The number of likely N-dealkylation sites (tertiary alicyclic amines) is 1. The molecule has 1 aliphatic carbocycles. The van der Waals surface area contributed by atoms with E-state index >= 15 is 0 Å². The molecule has 0 amide bonds. The lowest BCUT2D eigenvalue weighted by molar-refractivity contribution is -0.150. The van der Waals surface area contributed by atoms with Crippen LogP contribution in [-0.2, 0) is 27.8 Å². The topological polar surface area (TPSA) is 29.5 Å². The summed E-state index contributed by atoms with van der Waals surface area (Å²) in [6.07, 6.45) is 3.99. The lowest BCUT2D eigenvalue weighted by Crippen LogP contribution is -2.39. The average molecular weight is 335 g/mol. The zero-order valence-corrected chi connectivity index (χ0v) is 14.6. The largest absolute Gasteiger partial charge is 0.464 e. The molecule has 0 saturated carbocycles. The molecule has 0 bridgehead atoms. The van der Waals surface area contributed by atoms with Crippen molar-refractivity contribution in [3.05, 3.63) is 71.3 Å². The highest BCUT2D eigenvalue weighted by Gasteiger charge is 2.46. The smallest absolute Gasteiger partial charge is 0.317 e. The number of esters is 1. The molecule has 3 heteroatoms. The average Bonchev–Trinajstić information content (AvgIpc) is 3.30. The van der Waals surface area contributed by atoms with E-state index in [9.17, 15) is 4.79 Å². The maximum atomic E-state index is 13.2. The van der Waals surface area contributed by atoms with Crippen LogP contribution in [0.15, 0.2) is 54.6 Å². The second kappa shape index (κ2) is 7.01. The Morgan fingerprint density at radius 2 is 1.52 bits per heavy atom. The molecule has 130 valence electrons. The molecular weight excluding hydrogens is 310 g/mol. The number of fused-ring (bicyclic) bond motifs is 1. The summed E-state index contributed by atoms with van der Waals surface area (Å²) >= 11 is 0. The quantitative estimate of drug-likeness (QED) is 0.785. The van der Waals surface area contributed by atoms with Crippen LogP contribution >= 0.6 is 0 Å². The minimum Gasteiger partial charge on any atom is -0.464 e. The third-order valence-corrected chi connectivity index (χ3v) is 5.66. The number of carbonyl (C=O) groups is 1. The lowest BCUT2D eigenvalue weighted by Gasteiger charge is -2.28. The van der Waals surface area contributed by atoms with Gasteiger partial charge in [0.05, 0.1) is 0 Å². The number of hydrogen-bond donors (Lipinski definition) is 0. The van der Waals surface area contributed by atoms with Crippen molar-refractivity contribution < 1.29 is 9.53 Å². The van der Waals surface area contributed by atoms with E-state index in [0.29, 0.717) is 6.61 Å². The monoisotopic (exact) mass is 335 g/mol. The highest BCUT2D eigenvalue weighted by Crippen LogP contribution is 2.40. The van der Waals surface area contributed by atoms with Crippen LogP contribution in [0, 0.1) is 0 Å². The first-order chi connectivity index (χ1) is 12.3. The molecule has 1 heterocycles. The normalized spacial score (nSPS) is 18.9. The van der Waals surface area contributed by atoms with Crippen molar-refractivity contribution in [3.63, 3.8) is 0 Å². The summed E-state index contributed by atoms with van der Waals surface area (Å²) in [4.78, 5) is 15.6. The van der Waals surface area contributed by atoms with Crippen LogP contribution in [0.1, 0.15) is 29.5 Å². The number of rotatable bonds is 5. The second-order valence-electron chi connectivity index (χ2n) is 7.26. The van der Waals surface area contributed by atoms with E-state index in [0.717, 1.165) is 38.0 Å². The van der Waals surface area contributed by atoms with Gasteiger partial charge in [0.2, 0.25) is 0 Å². The Hall–Kier alpha value is -2.13. The Labute approximate surface area is 149 Å². The van der Waals surface area contributed by atoms with Gasteiger partial charge in [-0.05, 0) is 55.5 Å². The van der Waals surface area contributed by atoms with Crippen LogP contribution in [-0.4, -0.2) is 37.1 Å². The van der Waals surface area contributed by atoms with Crippen molar-refractivity contribution in [2.45, 2.75) is 31.1 Å². The molecule has 1 aliphatic heterocycles. The SMILES string of the molecule is O=C(OCCN1CCCC1)C1(c2ccccc2)Cc2ccccc2C1. The van der Waals surface area contributed by atoms with E-state index < -0.39 is 5.41 Å². The number of carbonyl (C=O) groups excluding carboxylic acids is 1. The fraction of sp³-hybridized carbons (Fsp3) is 0.409. The number of nitrogens with zero attached hydrogens (tertiary/aromatic N) is 1. The van der Waals surface area contributed by atoms with Crippen LogP contribution in [0.2, 0.25) is 0 Å². The van der Waals surface area contributed by atoms with Gasteiger partial charge in [0.15, 0.2) is 0 Å². The minimum absolute atomic E-state index is 0.0749. The van der Waals surface area contributed by atoms with Gasteiger partial charge in [-0.3, -0.25) is 9.69 Å². The molecule has 1 fully saturated rings. The summed E-state index contributed by atoms with van der Waals surface area (Å²) in [5.74, 6) is -0.0749. The molecule has 2 aromatic rings. The van der Waals surface area contributed by atoms with E-state index in [1.807, 2.05) is 18.2 Å². The molecule has 0 atom stereocenters. The Morgan fingerprint density at radius 1 is 0.920 bits per heavy atom. The highest BCUT2D eigenvalue weighted by molar-refractivity contribution is 5.85. The van der Waals surface area contributed by atoms with Gasteiger partial charge < -0.3 is 4.74 Å². The van der Waals surface area contributed by atoms with Crippen molar-refractivity contribution in [3.8, 4) is 0 Å². The first-order valence-corrected chi connectivity index (χ1v) is 9.30. The fourth-order valence-corrected chi connectivity index (χ4v) is 4.25. The molecule has 25 heavy (non-hydrogen) atoms. The third kappa shape index (κ3) is 3.21. The summed E-state index contributed by atoms with van der Waals surface area (Å²) < 4.78 is 5.80. The summed E-state index contributed by atoms with van der Waals surface area (Å²) in [5.41, 5.74) is 3.03. The molecule has 2 aromatic carbocycles. The maximum absolute atomic E-state index is 13.2. The van der Waals surface area contributed by atoms with Gasteiger partial charge in [-0.2, -0.15) is 0 Å². The van der Waals surface area contributed by atoms with Gasteiger partial charge in [-0.25, -0.2) is 0 Å². The summed E-state index contributed by atoms with van der Waals surface area (Å²) in [6.45, 7) is 3.60. The Balaban J connectivity index is 1.53. The summed E-state index contributed by atoms with van der Waals surface area (Å²) in [5, 5.41) is 0. The van der Waals surface area contributed by atoms with Gasteiger partial charge in [-0.1, -0.05) is 54.6 Å². The van der Waals surface area contributed by atoms with Crippen LogP contribution in [0.4, 0.5) is 0 Å². The van der Waals surface area contributed by atoms with Crippen molar-refractivity contribution in [1.29, 1.82) is 0 Å². The van der Waals surface area contributed by atoms with Crippen molar-refractivity contribution in [2.75, 3.05) is 26.2 Å². The minimum atomic E-state index is -0.573. The van der Waals surface area contributed by atoms with Gasteiger partial charge in [0.1, 0.15) is 12.0 Å². The molecule has 0 N–H and O–H groups in total. The molecule has 2 aliphatic rings. The molecule has 3 nitrogen and oxygen atoms in total. The molecule has 0 radical (unpaired) electrons. The molecule has 1 saturated heterocycles. The van der Waals surface area contributed by atoms with Crippen molar-refractivity contribution in [1.82, 2.24) is 4.90 Å². The summed E-state index contributed by atoms with van der Waals surface area (Å²) in [7, 11) is 0. The fourth-order valence-electron chi connectivity index (χ4n) is 4.25. The predicted molar refractivity (Wildman–Crippen MR) is 98.6 cm³/mol. The van der Waals surface area contributed by atoms with E-state index in [1.54, 1.807) is 0 Å². The van der Waals surface area contributed by atoms with Gasteiger partial charge >= 0.3 is 5.97 Å². The Bertz CT molecular complexity index is 710. The molecule has 0 aromatic heterocycles. The second-order valence-corrected chi connectivity index (χ2v) is 7.26. The van der Waals surface area contributed by atoms with Crippen LogP contribution in [0.5, 0.6) is 0 Å². The highest BCUT2D eigenvalue weighted by atomic mass is 16.5.